The van der Waals surface area contributed by atoms with Crippen LogP contribution in [0.4, 0.5) is 5.69 Å². The number of rotatable bonds is 4. The normalized spacial score (nSPS) is 11.7. The largest absolute Gasteiger partial charge is 0.307 e. The maximum atomic E-state index is 12.5. The Kier molecular flexibility index (Phi) is 4.22. The van der Waals surface area contributed by atoms with Crippen LogP contribution in [0.5, 0.6) is 0 Å². The quantitative estimate of drug-likeness (QED) is 0.721. The highest BCUT2D eigenvalue weighted by atomic mass is 32.2. The zero-order valence-corrected chi connectivity index (χ0v) is 14.9. The van der Waals surface area contributed by atoms with Gasteiger partial charge in [0.1, 0.15) is 0 Å². The lowest BCUT2D eigenvalue weighted by molar-refractivity contribution is 0.601. The summed E-state index contributed by atoms with van der Waals surface area (Å²) in [4.78, 5) is 12.7. The number of thiazole rings is 1. The second kappa shape index (κ2) is 6.03. The third-order valence-electron chi connectivity index (χ3n) is 3.40. The first-order valence-electron chi connectivity index (χ1n) is 6.67. The average molecular weight is 366 g/mol. The minimum absolute atomic E-state index is 0.116. The molecule has 1 aromatic heterocycles. The van der Waals surface area contributed by atoms with Crippen molar-refractivity contribution >= 4 is 49.0 Å². The van der Waals surface area contributed by atoms with Crippen molar-refractivity contribution in [1.82, 2.24) is 4.57 Å². The molecular formula is C15H14N2O3S3. The van der Waals surface area contributed by atoms with Crippen molar-refractivity contribution in [3.05, 3.63) is 52.1 Å². The molecule has 0 saturated heterocycles. The molecule has 0 aliphatic carbocycles. The SMILES string of the molecule is CSc1cccc(NS(=O)(=O)c2ccc3c(c2)sc(=O)n3C)c1. The summed E-state index contributed by atoms with van der Waals surface area (Å²) in [5.41, 5.74) is 1.24. The van der Waals surface area contributed by atoms with Gasteiger partial charge in [-0.1, -0.05) is 17.4 Å². The number of hydrogen-bond acceptors (Lipinski definition) is 5. The maximum absolute atomic E-state index is 12.5. The lowest BCUT2D eigenvalue weighted by Crippen LogP contribution is -2.13. The molecule has 0 bridgehead atoms. The number of sulfonamides is 1. The van der Waals surface area contributed by atoms with Gasteiger partial charge in [0.2, 0.25) is 0 Å². The van der Waals surface area contributed by atoms with Crippen LogP contribution in [0.1, 0.15) is 0 Å². The topological polar surface area (TPSA) is 68.2 Å². The van der Waals surface area contributed by atoms with Crippen molar-refractivity contribution < 1.29 is 8.42 Å². The second-order valence-corrected chi connectivity index (χ2v) is 8.45. The molecule has 5 nitrogen and oxygen atoms in total. The Labute approximate surface area is 142 Å². The van der Waals surface area contributed by atoms with Gasteiger partial charge in [0, 0.05) is 17.6 Å². The van der Waals surface area contributed by atoms with E-state index in [2.05, 4.69) is 4.72 Å². The minimum atomic E-state index is -3.70. The van der Waals surface area contributed by atoms with Gasteiger partial charge in [0.15, 0.2) is 0 Å². The molecule has 0 unspecified atom stereocenters. The highest BCUT2D eigenvalue weighted by Crippen LogP contribution is 2.24. The van der Waals surface area contributed by atoms with E-state index in [0.717, 1.165) is 21.7 Å². The van der Waals surface area contributed by atoms with Gasteiger partial charge < -0.3 is 4.57 Å². The fourth-order valence-electron chi connectivity index (χ4n) is 2.18. The van der Waals surface area contributed by atoms with Crippen LogP contribution >= 0.6 is 23.1 Å². The third-order valence-corrected chi connectivity index (χ3v) is 6.50. The lowest BCUT2D eigenvalue weighted by Gasteiger charge is -2.09. The first-order chi connectivity index (χ1) is 10.9. The summed E-state index contributed by atoms with van der Waals surface area (Å²) in [5.74, 6) is 0. The molecule has 8 heteroatoms. The fourth-order valence-corrected chi connectivity index (χ4v) is 4.71. The molecular weight excluding hydrogens is 352 g/mol. The number of fused-ring (bicyclic) bond motifs is 1. The van der Waals surface area contributed by atoms with Gasteiger partial charge in [0.25, 0.3) is 10.0 Å². The van der Waals surface area contributed by atoms with Crippen LogP contribution in [0.2, 0.25) is 0 Å². The first-order valence-corrected chi connectivity index (χ1v) is 10.2. The van der Waals surface area contributed by atoms with Crippen molar-refractivity contribution in [2.45, 2.75) is 9.79 Å². The highest BCUT2D eigenvalue weighted by Gasteiger charge is 2.16. The molecule has 3 rings (SSSR count). The molecule has 0 aliphatic heterocycles. The molecule has 1 heterocycles. The Bertz CT molecular complexity index is 1040. The zero-order chi connectivity index (χ0) is 16.6. The number of aromatic nitrogens is 1. The van der Waals surface area contributed by atoms with Crippen LogP contribution < -0.4 is 9.60 Å². The predicted octanol–water partition coefficient (Wildman–Crippen LogP) is 3.12. The summed E-state index contributed by atoms with van der Waals surface area (Å²) < 4.78 is 29.8. The number of hydrogen-bond donors (Lipinski definition) is 1. The summed E-state index contributed by atoms with van der Waals surface area (Å²) in [6.45, 7) is 0. The van der Waals surface area contributed by atoms with Crippen LogP contribution in [-0.2, 0) is 17.1 Å². The molecule has 3 aromatic rings. The van der Waals surface area contributed by atoms with E-state index in [0.29, 0.717) is 10.4 Å². The molecule has 0 spiro atoms. The highest BCUT2D eigenvalue weighted by molar-refractivity contribution is 7.98. The van der Waals surface area contributed by atoms with Crippen LogP contribution in [0.25, 0.3) is 10.2 Å². The summed E-state index contributed by atoms with van der Waals surface area (Å²) in [6, 6.07) is 11.9. The van der Waals surface area contributed by atoms with Gasteiger partial charge in [-0.2, -0.15) is 0 Å². The van der Waals surface area contributed by atoms with Crippen LogP contribution in [0, 0.1) is 0 Å². The van der Waals surface area contributed by atoms with Crippen molar-refractivity contribution in [2.75, 3.05) is 11.0 Å². The van der Waals surface area contributed by atoms with E-state index in [1.54, 1.807) is 43.1 Å². The molecule has 0 saturated carbocycles. The number of aryl methyl sites for hydroxylation is 1. The monoisotopic (exact) mass is 366 g/mol. The number of benzene rings is 2. The molecule has 0 amide bonds. The van der Waals surface area contributed by atoms with Gasteiger partial charge in [0.05, 0.1) is 15.1 Å². The molecule has 23 heavy (non-hydrogen) atoms. The summed E-state index contributed by atoms with van der Waals surface area (Å²) >= 11 is 2.57. The standard InChI is InChI=1S/C15H14N2O3S3/c1-17-13-7-6-12(9-14(13)22-15(17)18)23(19,20)16-10-4-3-5-11(8-10)21-2/h3-9,16H,1-2H3. The van der Waals surface area contributed by atoms with E-state index in [1.165, 1.54) is 16.7 Å². The molecule has 0 fully saturated rings. The van der Waals surface area contributed by atoms with Gasteiger partial charge in [-0.3, -0.25) is 9.52 Å². The molecule has 120 valence electrons. The Morgan fingerprint density at radius 2 is 1.96 bits per heavy atom. The first kappa shape index (κ1) is 16.1. The van der Waals surface area contributed by atoms with Gasteiger partial charge >= 0.3 is 4.87 Å². The van der Waals surface area contributed by atoms with E-state index in [-0.39, 0.29) is 9.77 Å². The van der Waals surface area contributed by atoms with Crippen molar-refractivity contribution in [1.29, 1.82) is 0 Å². The van der Waals surface area contributed by atoms with Crippen LogP contribution in [0.15, 0.2) is 57.1 Å². The van der Waals surface area contributed by atoms with Crippen molar-refractivity contribution in [2.24, 2.45) is 7.05 Å². The maximum Gasteiger partial charge on any atom is 0.307 e. The number of nitrogens with one attached hydrogen (secondary N) is 1. The van der Waals surface area contributed by atoms with E-state index >= 15 is 0 Å². The minimum Gasteiger partial charge on any atom is -0.302 e. The summed E-state index contributed by atoms with van der Waals surface area (Å²) in [5, 5.41) is 0. The van der Waals surface area contributed by atoms with Crippen molar-refractivity contribution in [3.8, 4) is 0 Å². The number of anilines is 1. The van der Waals surface area contributed by atoms with E-state index in [4.69, 9.17) is 0 Å². The molecule has 2 aromatic carbocycles. The Balaban J connectivity index is 2.00. The number of thioether (sulfide) groups is 1. The van der Waals surface area contributed by atoms with Gasteiger partial charge in [-0.25, -0.2) is 8.42 Å². The van der Waals surface area contributed by atoms with E-state index in [9.17, 15) is 13.2 Å². The summed E-state index contributed by atoms with van der Waals surface area (Å²) in [6.07, 6.45) is 1.93. The molecule has 0 radical (unpaired) electrons. The Hall–Kier alpha value is -1.77. The third kappa shape index (κ3) is 3.15. The fraction of sp³-hybridized carbons (Fsp3) is 0.133. The van der Waals surface area contributed by atoms with Crippen LogP contribution in [-0.4, -0.2) is 19.2 Å². The summed E-state index contributed by atoms with van der Waals surface area (Å²) in [7, 11) is -2.03. The van der Waals surface area contributed by atoms with Gasteiger partial charge in [-0.05, 0) is 42.7 Å². The lowest BCUT2D eigenvalue weighted by atomic mass is 10.3. The molecule has 0 atom stereocenters. The van der Waals surface area contributed by atoms with Crippen molar-refractivity contribution in [3.63, 3.8) is 0 Å². The zero-order valence-electron chi connectivity index (χ0n) is 12.4. The second-order valence-electron chi connectivity index (χ2n) is 4.89. The average Bonchev–Trinajstić information content (AvgIpc) is 2.81. The van der Waals surface area contributed by atoms with Crippen LogP contribution in [0.3, 0.4) is 0 Å². The Morgan fingerprint density at radius 3 is 2.70 bits per heavy atom. The Morgan fingerprint density at radius 1 is 1.17 bits per heavy atom. The van der Waals surface area contributed by atoms with E-state index in [1.807, 2.05) is 12.3 Å². The number of nitrogens with zero attached hydrogens (tertiary/aromatic N) is 1. The van der Waals surface area contributed by atoms with E-state index < -0.39 is 10.0 Å². The molecule has 0 aliphatic rings. The molecule has 1 N–H and O–H groups in total. The predicted molar refractivity (Wildman–Crippen MR) is 96.1 cm³/mol. The van der Waals surface area contributed by atoms with Gasteiger partial charge in [-0.15, -0.1) is 11.8 Å². The smallest absolute Gasteiger partial charge is 0.302 e.